The summed E-state index contributed by atoms with van der Waals surface area (Å²) < 4.78 is 10.3. The third-order valence-corrected chi connectivity index (χ3v) is 2.93. The minimum Gasteiger partial charge on any atom is -0.493 e. The van der Waals surface area contributed by atoms with Gasteiger partial charge in [0.05, 0.1) is 19.8 Å². The minimum atomic E-state index is -0.839. The van der Waals surface area contributed by atoms with Crippen molar-refractivity contribution >= 4 is 5.78 Å². The second-order valence-electron chi connectivity index (χ2n) is 4.57. The molecule has 1 aromatic rings. The molecule has 0 amide bonds. The standard InChI is InChI=1S/C14H21NO3/c1-5-8-14(2,15)13(16)10-6-7-11(17-3)12(9-10)18-4/h6-7,9H,5,8,15H2,1-4H3. The topological polar surface area (TPSA) is 61.6 Å². The zero-order valence-electron chi connectivity index (χ0n) is 11.4. The molecule has 0 aliphatic carbocycles. The van der Waals surface area contributed by atoms with Crippen LogP contribution in [0.15, 0.2) is 18.2 Å². The SMILES string of the molecule is CCCC(C)(N)C(=O)c1ccc(OC)c(OC)c1. The van der Waals surface area contributed by atoms with Crippen molar-refractivity contribution in [3.8, 4) is 11.5 Å². The van der Waals surface area contributed by atoms with Gasteiger partial charge in [-0.3, -0.25) is 4.79 Å². The van der Waals surface area contributed by atoms with Crippen molar-refractivity contribution in [2.24, 2.45) is 5.73 Å². The van der Waals surface area contributed by atoms with E-state index in [0.29, 0.717) is 23.5 Å². The monoisotopic (exact) mass is 251 g/mol. The zero-order valence-corrected chi connectivity index (χ0v) is 11.4. The normalized spacial score (nSPS) is 13.8. The van der Waals surface area contributed by atoms with Crippen molar-refractivity contribution in [1.29, 1.82) is 0 Å². The molecule has 0 saturated carbocycles. The largest absolute Gasteiger partial charge is 0.493 e. The summed E-state index contributed by atoms with van der Waals surface area (Å²) in [7, 11) is 3.10. The fourth-order valence-electron chi connectivity index (χ4n) is 1.94. The number of nitrogens with two attached hydrogens (primary N) is 1. The maximum Gasteiger partial charge on any atom is 0.182 e. The first-order valence-corrected chi connectivity index (χ1v) is 6.02. The third-order valence-electron chi connectivity index (χ3n) is 2.93. The van der Waals surface area contributed by atoms with Crippen molar-refractivity contribution in [1.82, 2.24) is 0 Å². The molecule has 1 atom stereocenters. The molecule has 0 fully saturated rings. The Hall–Kier alpha value is -1.55. The van der Waals surface area contributed by atoms with Crippen molar-refractivity contribution in [3.63, 3.8) is 0 Å². The molecule has 0 bridgehead atoms. The van der Waals surface area contributed by atoms with E-state index in [4.69, 9.17) is 15.2 Å². The Balaban J connectivity index is 3.07. The van der Waals surface area contributed by atoms with E-state index < -0.39 is 5.54 Å². The van der Waals surface area contributed by atoms with Gasteiger partial charge in [0.1, 0.15) is 0 Å². The molecule has 1 unspecified atom stereocenters. The van der Waals surface area contributed by atoms with Gasteiger partial charge >= 0.3 is 0 Å². The zero-order chi connectivity index (χ0) is 13.8. The van der Waals surface area contributed by atoms with Gasteiger partial charge in [0, 0.05) is 5.56 Å². The van der Waals surface area contributed by atoms with Crippen molar-refractivity contribution < 1.29 is 14.3 Å². The van der Waals surface area contributed by atoms with Crippen LogP contribution in [-0.4, -0.2) is 25.5 Å². The average molecular weight is 251 g/mol. The van der Waals surface area contributed by atoms with Crippen LogP contribution in [0.3, 0.4) is 0 Å². The molecule has 1 rings (SSSR count). The Labute approximate surface area is 108 Å². The second-order valence-corrected chi connectivity index (χ2v) is 4.57. The number of ether oxygens (including phenoxy) is 2. The van der Waals surface area contributed by atoms with Gasteiger partial charge in [-0.15, -0.1) is 0 Å². The number of benzene rings is 1. The number of methoxy groups -OCH3 is 2. The highest BCUT2D eigenvalue weighted by atomic mass is 16.5. The van der Waals surface area contributed by atoms with E-state index in [9.17, 15) is 4.79 Å². The van der Waals surface area contributed by atoms with Gasteiger partial charge in [-0.2, -0.15) is 0 Å². The van der Waals surface area contributed by atoms with Crippen LogP contribution >= 0.6 is 0 Å². The Kier molecular flexibility index (Phi) is 4.73. The molecule has 18 heavy (non-hydrogen) atoms. The summed E-state index contributed by atoms with van der Waals surface area (Å²) in [5, 5.41) is 0. The lowest BCUT2D eigenvalue weighted by Crippen LogP contribution is -2.44. The van der Waals surface area contributed by atoms with Crippen molar-refractivity contribution in [2.75, 3.05) is 14.2 Å². The van der Waals surface area contributed by atoms with E-state index in [0.717, 1.165) is 6.42 Å². The number of Topliss-reactive ketones (excluding diaryl/α,β-unsaturated/α-hetero) is 1. The van der Waals surface area contributed by atoms with Crippen LogP contribution in [0.2, 0.25) is 0 Å². The maximum absolute atomic E-state index is 12.3. The predicted molar refractivity (Wildman–Crippen MR) is 71.4 cm³/mol. The summed E-state index contributed by atoms with van der Waals surface area (Å²) in [5.74, 6) is 1.06. The lowest BCUT2D eigenvalue weighted by molar-refractivity contribution is 0.0892. The van der Waals surface area contributed by atoms with Crippen molar-refractivity contribution in [3.05, 3.63) is 23.8 Å². The van der Waals surface area contributed by atoms with Gasteiger partial charge in [0.25, 0.3) is 0 Å². The second kappa shape index (κ2) is 5.87. The van der Waals surface area contributed by atoms with E-state index in [1.165, 1.54) is 0 Å². The minimum absolute atomic E-state index is 0.0784. The summed E-state index contributed by atoms with van der Waals surface area (Å²) in [4.78, 5) is 12.3. The highest BCUT2D eigenvalue weighted by Gasteiger charge is 2.28. The molecule has 0 saturated heterocycles. The number of ketones is 1. The molecule has 100 valence electrons. The first kappa shape index (κ1) is 14.5. The summed E-state index contributed by atoms with van der Waals surface area (Å²) in [6, 6.07) is 5.10. The molecule has 1 aromatic carbocycles. The average Bonchev–Trinajstić information content (AvgIpc) is 2.36. The molecule has 0 aliphatic rings. The summed E-state index contributed by atoms with van der Waals surface area (Å²) >= 11 is 0. The van der Waals surface area contributed by atoms with Gasteiger partial charge in [-0.05, 0) is 31.5 Å². The Morgan fingerprint density at radius 2 is 1.89 bits per heavy atom. The first-order valence-electron chi connectivity index (χ1n) is 6.02. The van der Waals surface area contributed by atoms with Crippen LogP contribution in [0.4, 0.5) is 0 Å². The van der Waals surface area contributed by atoms with E-state index in [-0.39, 0.29) is 5.78 Å². The molecule has 0 radical (unpaired) electrons. The molecular formula is C14H21NO3. The molecule has 0 aromatic heterocycles. The highest BCUT2D eigenvalue weighted by molar-refractivity contribution is 6.03. The van der Waals surface area contributed by atoms with Crippen LogP contribution in [0, 0.1) is 0 Å². The van der Waals surface area contributed by atoms with Gasteiger partial charge < -0.3 is 15.2 Å². The summed E-state index contributed by atoms with van der Waals surface area (Å²) in [6.07, 6.45) is 1.52. The highest BCUT2D eigenvalue weighted by Crippen LogP contribution is 2.29. The van der Waals surface area contributed by atoms with Crippen LogP contribution in [-0.2, 0) is 0 Å². The maximum atomic E-state index is 12.3. The van der Waals surface area contributed by atoms with Crippen LogP contribution in [0.5, 0.6) is 11.5 Å². The number of hydrogen-bond donors (Lipinski definition) is 1. The van der Waals surface area contributed by atoms with Crippen LogP contribution in [0.25, 0.3) is 0 Å². The van der Waals surface area contributed by atoms with Gasteiger partial charge in [-0.25, -0.2) is 0 Å². The number of hydrogen-bond acceptors (Lipinski definition) is 4. The van der Waals surface area contributed by atoms with Gasteiger partial charge in [0.15, 0.2) is 17.3 Å². The van der Waals surface area contributed by atoms with Crippen molar-refractivity contribution in [2.45, 2.75) is 32.2 Å². The number of carbonyl (C=O) groups is 1. The lowest BCUT2D eigenvalue weighted by atomic mass is 9.88. The molecule has 0 heterocycles. The molecule has 2 N–H and O–H groups in total. The number of carbonyl (C=O) groups excluding carboxylic acids is 1. The molecule has 0 aliphatic heterocycles. The first-order chi connectivity index (χ1) is 8.46. The Morgan fingerprint density at radius 1 is 1.28 bits per heavy atom. The summed E-state index contributed by atoms with van der Waals surface area (Å²) in [6.45, 7) is 3.77. The van der Waals surface area contributed by atoms with Gasteiger partial charge in [0.2, 0.25) is 0 Å². The van der Waals surface area contributed by atoms with E-state index >= 15 is 0 Å². The van der Waals surface area contributed by atoms with E-state index in [1.807, 2.05) is 6.92 Å². The van der Waals surface area contributed by atoms with Gasteiger partial charge in [-0.1, -0.05) is 13.3 Å². The smallest absolute Gasteiger partial charge is 0.182 e. The van der Waals surface area contributed by atoms with E-state index in [1.54, 1.807) is 39.3 Å². The molecule has 4 heteroatoms. The molecular weight excluding hydrogens is 230 g/mol. The van der Waals surface area contributed by atoms with Crippen LogP contribution in [0.1, 0.15) is 37.0 Å². The Morgan fingerprint density at radius 3 is 2.39 bits per heavy atom. The van der Waals surface area contributed by atoms with Crippen LogP contribution < -0.4 is 15.2 Å². The van der Waals surface area contributed by atoms with E-state index in [2.05, 4.69) is 0 Å². The quantitative estimate of drug-likeness (QED) is 0.789. The molecule has 0 spiro atoms. The fourth-order valence-corrected chi connectivity index (χ4v) is 1.94. The summed E-state index contributed by atoms with van der Waals surface area (Å²) in [5.41, 5.74) is 5.75. The number of rotatable bonds is 6. The predicted octanol–water partition coefficient (Wildman–Crippen LogP) is 2.40. The third kappa shape index (κ3) is 3.01. The molecule has 4 nitrogen and oxygen atoms in total. The Bertz CT molecular complexity index is 427. The fraction of sp³-hybridized carbons (Fsp3) is 0.500. The lowest BCUT2D eigenvalue weighted by Gasteiger charge is -2.22.